The summed E-state index contributed by atoms with van der Waals surface area (Å²) >= 11 is 5.45. The van der Waals surface area contributed by atoms with Crippen LogP contribution in [0.25, 0.3) is 0 Å². The first-order valence-corrected chi connectivity index (χ1v) is 5.24. The lowest BCUT2D eigenvalue weighted by Crippen LogP contribution is -2.05. The topological polar surface area (TPSA) is 74.2 Å². The van der Waals surface area contributed by atoms with Gasteiger partial charge < -0.3 is 24.1 Å². The molecule has 0 fully saturated rings. The normalized spacial score (nSPS) is 9.83. The fourth-order valence-electron chi connectivity index (χ4n) is 1.49. The predicted octanol–water partition coefficient (Wildman–Crippen LogP) is 1.42. The molecule has 100 valence electrons. The van der Waals surface area contributed by atoms with Crippen molar-refractivity contribution in [3.63, 3.8) is 0 Å². The number of methoxy groups -OCH3 is 3. The summed E-state index contributed by atoms with van der Waals surface area (Å²) < 4.78 is 20.2. The summed E-state index contributed by atoms with van der Waals surface area (Å²) in [5.74, 6) is 0.559. The van der Waals surface area contributed by atoms with E-state index < -0.39 is 12.0 Å². The van der Waals surface area contributed by atoms with Gasteiger partial charge in [-0.15, -0.1) is 0 Å². The third-order valence-electron chi connectivity index (χ3n) is 2.21. The van der Waals surface area contributed by atoms with E-state index in [-0.39, 0.29) is 28.6 Å². The number of carbonyl (C=O) groups is 1. The van der Waals surface area contributed by atoms with Gasteiger partial charge in [-0.3, -0.25) is 4.79 Å². The van der Waals surface area contributed by atoms with Crippen LogP contribution >= 0.6 is 11.6 Å². The van der Waals surface area contributed by atoms with E-state index in [0.29, 0.717) is 0 Å². The Morgan fingerprint density at radius 3 is 2.17 bits per heavy atom. The number of hydrogen-bond acceptors (Lipinski definition) is 6. The third-order valence-corrected chi connectivity index (χ3v) is 2.41. The minimum atomic E-state index is -0.740. The molecule has 0 amide bonds. The molecule has 6 nitrogen and oxygen atoms in total. The van der Waals surface area contributed by atoms with Crippen molar-refractivity contribution in [1.29, 1.82) is 0 Å². The molecule has 0 aromatic heterocycles. The quantitative estimate of drug-likeness (QED) is 0.626. The van der Waals surface area contributed by atoms with Crippen molar-refractivity contribution in [2.75, 3.05) is 28.1 Å². The highest BCUT2D eigenvalue weighted by Crippen LogP contribution is 2.47. The Bertz CT molecular complexity index is 446. The number of rotatable bonds is 6. The summed E-state index contributed by atoms with van der Waals surface area (Å²) in [6.07, 6.45) is 0. The fraction of sp³-hybridized carbons (Fsp3) is 0.364. The van der Waals surface area contributed by atoms with Crippen molar-refractivity contribution in [2.45, 2.75) is 0 Å². The Balaban J connectivity index is 3.57. The van der Waals surface area contributed by atoms with Crippen LogP contribution in [0.3, 0.4) is 0 Å². The average Bonchev–Trinajstić information content (AvgIpc) is 2.37. The van der Waals surface area contributed by atoms with Crippen molar-refractivity contribution >= 4 is 16.8 Å². The summed E-state index contributed by atoms with van der Waals surface area (Å²) in [6.45, 7) is -0.615. The molecule has 0 saturated carbocycles. The minimum Gasteiger partial charge on any atom is -0.493 e. The zero-order chi connectivity index (χ0) is 13.7. The molecule has 0 bridgehead atoms. The van der Waals surface area contributed by atoms with Crippen LogP contribution in [0.2, 0.25) is 0 Å². The van der Waals surface area contributed by atoms with Gasteiger partial charge in [0, 0.05) is 6.07 Å². The number of aliphatic hydroxyl groups is 1. The number of benzene rings is 1. The van der Waals surface area contributed by atoms with Gasteiger partial charge in [-0.05, 0) is 11.6 Å². The average molecular weight is 277 g/mol. The van der Waals surface area contributed by atoms with Gasteiger partial charge >= 0.3 is 0 Å². The molecule has 1 N–H and O–H groups in total. The molecular weight excluding hydrogens is 264 g/mol. The molecule has 1 aromatic carbocycles. The standard InChI is InChI=1S/C11H13ClO6/c1-15-7-4-6(11(12)14)8(16-2)10(18-5-13)9(7)17-3/h4,13H,5H2,1-3H3. The molecule has 18 heavy (non-hydrogen) atoms. The third kappa shape index (κ3) is 2.60. The maximum absolute atomic E-state index is 11.3. The lowest BCUT2D eigenvalue weighted by Gasteiger charge is -2.17. The lowest BCUT2D eigenvalue weighted by atomic mass is 10.1. The Labute approximate surface area is 109 Å². The van der Waals surface area contributed by atoms with E-state index in [0.717, 1.165) is 0 Å². The molecule has 0 atom stereocenters. The first-order chi connectivity index (χ1) is 8.60. The smallest absolute Gasteiger partial charge is 0.256 e. The van der Waals surface area contributed by atoms with Gasteiger partial charge in [0.15, 0.2) is 18.3 Å². The van der Waals surface area contributed by atoms with Gasteiger partial charge in [0.2, 0.25) is 11.5 Å². The SMILES string of the molecule is COc1cc(C(=O)Cl)c(OC)c(OCO)c1OC. The van der Waals surface area contributed by atoms with Gasteiger partial charge in [-0.25, -0.2) is 0 Å². The summed E-state index contributed by atoms with van der Waals surface area (Å²) in [6, 6.07) is 1.37. The van der Waals surface area contributed by atoms with Crippen LogP contribution in [-0.2, 0) is 0 Å². The van der Waals surface area contributed by atoms with E-state index in [1.807, 2.05) is 0 Å². The Kier molecular flexibility index (Phi) is 5.06. The minimum absolute atomic E-state index is 0.0471. The second-order valence-electron chi connectivity index (χ2n) is 3.07. The van der Waals surface area contributed by atoms with Crippen LogP contribution in [0.4, 0.5) is 0 Å². The van der Waals surface area contributed by atoms with Crippen molar-refractivity contribution in [3.8, 4) is 23.0 Å². The number of ether oxygens (including phenoxy) is 4. The number of aliphatic hydroxyl groups excluding tert-OH is 1. The molecule has 0 aliphatic carbocycles. The first-order valence-electron chi connectivity index (χ1n) is 4.87. The highest BCUT2D eigenvalue weighted by Gasteiger charge is 2.24. The Hall–Kier alpha value is -1.66. The molecule has 0 heterocycles. The molecule has 0 unspecified atom stereocenters. The summed E-state index contributed by atoms with van der Waals surface area (Å²) in [5.41, 5.74) is 0.0558. The van der Waals surface area contributed by atoms with Crippen LogP contribution in [0, 0.1) is 0 Å². The van der Waals surface area contributed by atoms with Crippen LogP contribution in [-0.4, -0.2) is 38.5 Å². The lowest BCUT2D eigenvalue weighted by molar-refractivity contribution is 0.0908. The van der Waals surface area contributed by atoms with E-state index >= 15 is 0 Å². The Morgan fingerprint density at radius 2 is 1.78 bits per heavy atom. The number of carbonyl (C=O) groups excluding carboxylic acids is 1. The van der Waals surface area contributed by atoms with Crippen molar-refractivity contribution in [2.24, 2.45) is 0 Å². The maximum Gasteiger partial charge on any atom is 0.256 e. The zero-order valence-electron chi connectivity index (χ0n) is 10.2. The second kappa shape index (κ2) is 6.32. The van der Waals surface area contributed by atoms with E-state index in [9.17, 15) is 4.79 Å². The number of halogens is 1. The molecule has 1 rings (SSSR count). The van der Waals surface area contributed by atoms with Crippen molar-refractivity contribution in [1.82, 2.24) is 0 Å². The summed E-state index contributed by atoms with van der Waals surface area (Å²) in [5, 5.41) is 8.12. The van der Waals surface area contributed by atoms with Crippen molar-refractivity contribution in [3.05, 3.63) is 11.6 Å². The maximum atomic E-state index is 11.3. The summed E-state index contributed by atoms with van der Waals surface area (Å²) in [4.78, 5) is 11.3. The Morgan fingerprint density at radius 1 is 1.17 bits per heavy atom. The molecule has 0 saturated heterocycles. The molecular formula is C11H13ClO6. The van der Waals surface area contributed by atoms with Crippen LogP contribution in [0.15, 0.2) is 6.07 Å². The second-order valence-corrected chi connectivity index (χ2v) is 3.41. The molecule has 0 aliphatic heterocycles. The van der Waals surface area contributed by atoms with Crippen molar-refractivity contribution < 1.29 is 28.8 Å². The molecule has 0 spiro atoms. The molecule has 0 radical (unpaired) electrons. The van der Waals surface area contributed by atoms with Crippen LogP contribution < -0.4 is 18.9 Å². The summed E-state index contributed by atoms with van der Waals surface area (Å²) in [7, 11) is 4.13. The van der Waals surface area contributed by atoms with Gasteiger partial charge in [-0.1, -0.05) is 0 Å². The first kappa shape index (κ1) is 14.4. The zero-order valence-corrected chi connectivity index (χ0v) is 10.9. The van der Waals surface area contributed by atoms with E-state index in [1.165, 1.54) is 27.4 Å². The van der Waals surface area contributed by atoms with Gasteiger partial charge in [0.25, 0.3) is 5.24 Å². The molecule has 0 aliphatic rings. The van der Waals surface area contributed by atoms with Gasteiger partial charge in [0.1, 0.15) is 0 Å². The van der Waals surface area contributed by atoms with Crippen LogP contribution in [0.5, 0.6) is 23.0 Å². The van der Waals surface area contributed by atoms with E-state index in [4.69, 9.17) is 35.7 Å². The predicted molar refractivity (Wildman–Crippen MR) is 64.0 cm³/mol. The van der Waals surface area contributed by atoms with Gasteiger partial charge in [0.05, 0.1) is 26.9 Å². The van der Waals surface area contributed by atoms with Gasteiger partial charge in [-0.2, -0.15) is 0 Å². The van der Waals surface area contributed by atoms with Crippen LogP contribution in [0.1, 0.15) is 10.4 Å². The van der Waals surface area contributed by atoms with E-state index in [1.54, 1.807) is 0 Å². The monoisotopic (exact) mass is 276 g/mol. The number of hydrogen-bond donors (Lipinski definition) is 1. The molecule has 7 heteroatoms. The fourth-order valence-corrected chi connectivity index (χ4v) is 1.63. The highest BCUT2D eigenvalue weighted by molar-refractivity contribution is 6.68. The molecule has 1 aromatic rings. The van der Waals surface area contributed by atoms with E-state index in [2.05, 4.69) is 0 Å². The highest BCUT2D eigenvalue weighted by atomic mass is 35.5. The largest absolute Gasteiger partial charge is 0.493 e.